The first-order valence-corrected chi connectivity index (χ1v) is 7.90. The maximum Gasteiger partial charge on any atom is 0.0443 e. The van der Waals surface area contributed by atoms with E-state index < -0.39 is 0 Å². The molecule has 1 aromatic carbocycles. The highest BCUT2D eigenvalue weighted by atomic mass is 15.2. The van der Waals surface area contributed by atoms with Crippen molar-refractivity contribution in [3.8, 4) is 0 Å². The fourth-order valence-electron chi connectivity index (χ4n) is 3.25. The molecule has 2 heteroatoms. The van der Waals surface area contributed by atoms with E-state index in [1.165, 1.54) is 30.5 Å². The van der Waals surface area contributed by atoms with E-state index in [0.29, 0.717) is 5.41 Å². The fraction of sp³-hybridized carbons (Fsp3) is 0.556. The van der Waals surface area contributed by atoms with Crippen LogP contribution >= 0.6 is 0 Å². The Morgan fingerprint density at radius 3 is 2.55 bits per heavy atom. The van der Waals surface area contributed by atoms with Gasteiger partial charge in [0.1, 0.15) is 0 Å². The number of para-hydroxylation sites is 1. The summed E-state index contributed by atoms with van der Waals surface area (Å²) >= 11 is 0. The van der Waals surface area contributed by atoms with Crippen LogP contribution in [0.3, 0.4) is 0 Å². The standard InChI is InChI=1S/C18H26N2/c1-18(2)9-7-15(8-10-18)16-5-3-4-6-17(16)20-13-11-19-12-14-20/h3-7,19H,8-14H2,1-2H3. The van der Waals surface area contributed by atoms with Crippen molar-refractivity contribution in [2.45, 2.75) is 33.1 Å². The Morgan fingerprint density at radius 1 is 1.10 bits per heavy atom. The summed E-state index contributed by atoms with van der Waals surface area (Å²) in [5.41, 5.74) is 4.93. The largest absolute Gasteiger partial charge is 0.368 e. The molecule has 1 aliphatic carbocycles. The van der Waals surface area contributed by atoms with Crippen LogP contribution in [0.25, 0.3) is 5.57 Å². The van der Waals surface area contributed by atoms with Crippen molar-refractivity contribution in [2.24, 2.45) is 5.41 Å². The van der Waals surface area contributed by atoms with Gasteiger partial charge in [-0.25, -0.2) is 0 Å². The molecule has 1 heterocycles. The van der Waals surface area contributed by atoms with Crippen LogP contribution in [0.5, 0.6) is 0 Å². The zero-order valence-corrected chi connectivity index (χ0v) is 12.8. The number of nitrogens with one attached hydrogen (secondary N) is 1. The highest BCUT2D eigenvalue weighted by Gasteiger charge is 2.24. The van der Waals surface area contributed by atoms with E-state index in [1.807, 2.05) is 0 Å². The van der Waals surface area contributed by atoms with E-state index in [0.717, 1.165) is 26.2 Å². The molecule has 1 aromatic rings. The van der Waals surface area contributed by atoms with Gasteiger partial charge in [-0.05, 0) is 36.3 Å². The number of benzene rings is 1. The van der Waals surface area contributed by atoms with Crippen molar-refractivity contribution in [3.63, 3.8) is 0 Å². The number of rotatable bonds is 2. The lowest BCUT2D eigenvalue weighted by atomic mass is 9.77. The van der Waals surface area contributed by atoms with Crippen molar-refractivity contribution in [1.29, 1.82) is 0 Å². The predicted molar refractivity (Wildman–Crippen MR) is 87.1 cm³/mol. The summed E-state index contributed by atoms with van der Waals surface area (Å²) in [4.78, 5) is 2.53. The number of hydrogen-bond acceptors (Lipinski definition) is 2. The molecule has 0 unspecified atom stereocenters. The lowest BCUT2D eigenvalue weighted by molar-refractivity contribution is 0.335. The van der Waals surface area contributed by atoms with Crippen molar-refractivity contribution < 1.29 is 0 Å². The van der Waals surface area contributed by atoms with E-state index in [1.54, 1.807) is 5.57 Å². The molecule has 1 N–H and O–H groups in total. The normalized spacial score (nSPS) is 22.5. The Balaban J connectivity index is 1.88. The van der Waals surface area contributed by atoms with Gasteiger partial charge in [0, 0.05) is 37.4 Å². The molecule has 2 aliphatic rings. The van der Waals surface area contributed by atoms with Crippen LogP contribution in [0.4, 0.5) is 5.69 Å². The Morgan fingerprint density at radius 2 is 1.85 bits per heavy atom. The van der Waals surface area contributed by atoms with Crippen LogP contribution in [-0.4, -0.2) is 26.2 Å². The molecular formula is C18H26N2. The van der Waals surface area contributed by atoms with Crippen LogP contribution in [0.15, 0.2) is 30.3 Å². The first-order chi connectivity index (χ1) is 9.66. The Labute approximate surface area is 122 Å². The lowest BCUT2D eigenvalue weighted by Gasteiger charge is -2.33. The Hall–Kier alpha value is -1.28. The average molecular weight is 270 g/mol. The molecule has 108 valence electrons. The minimum absolute atomic E-state index is 0.480. The van der Waals surface area contributed by atoms with Gasteiger partial charge in [0.15, 0.2) is 0 Å². The van der Waals surface area contributed by atoms with Crippen LogP contribution in [0.2, 0.25) is 0 Å². The lowest BCUT2D eigenvalue weighted by Crippen LogP contribution is -2.43. The van der Waals surface area contributed by atoms with E-state index in [4.69, 9.17) is 0 Å². The van der Waals surface area contributed by atoms with Crippen LogP contribution in [0.1, 0.15) is 38.7 Å². The Bertz CT molecular complexity index is 496. The molecule has 1 aliphatic heterocycles. The van der Waals surface area contributed by atoms with Gasteiger partial charge in [0.25, 0.3) is 0 Å². The van der Waals surface area contributed by atoms with Crippen molar-refractivity contribution in [3.05, 3.63) is 35.9 Å². The Kier molecular flexibility index (Phi) is 3.84. The summed E-state index contributed by atoms with van der Waals surface area (Å²) in [6, 6.07) is 8.96. The van der Waals surface area contributed by atoms with Gasteiger partial charge in [-0.15, -0.1) is 0 Å². The monoisotopic (exact) mass is 270 g/mol. The molecule has 0 radical (unpaired) electrons. The fourth-order valence-corrected chi connectivity index (χ4v) is 3.25. The quantitative estimate of drug-likeness (QED) is 0.881. The topological polar surface area (TPSA) is 15.3 Å². The molecule has 3 rings (SSSR count). The van der Waals surface area contributed by atoms with Gasteiger partial charge in [-0.2, -0.15) is 0 Å². The molecule has 0 spiro atoms. The minimum Gasteiger partial charge on any atom is -0.368 e. The van der Waals surface area contributed by atoms with E-state index >= 15 is 0 Å². The highest BCUT2D eigenvalue weighted by Crippen LogP contribution is 2.40. The molecule has 0 bridgehead atoms. The summed E-state index contributed by atoms with van der Waals surface area (Å²) in [5, 5.41) is 3.44. The van der Waals surface area contributed by atoms with Crippen molar-refractivity contribution >= 4 is 11.3 Å². The highest BCUT2D eigenvalue weighted by molar-refractivity contribution is 5.77. The van der Waals surface area contributed by atoms with Gasteiger partial charge >= 0.3 is 0 Å². The van der Waals surface area contributed by atoms with E-state index in [9.17, 15) is 0 Å². The van der Waals surface area contributed by atoms with Gasteiger partial charge < -0.3 is 10.2 Å². The summed E-state index contributed by atoms with van der Waals surface area (Å²) in [6.45, 7) is 9.19. The van der Waals surface area contributed by atoms with Gasteiger partial charge in [0.2, 0.25) is 0 Å². The van der Waals surface area contributed by atoms with Crippen molar-refractivity contribution in [2.75, 3.05) is 31.1 Å². The molecule has 0 atom stereocenters. The molecule has 0 saturated carbocycles. The number of hydrogen-bond donors (Lipinski definition) is 1. The third-order valence-corrected chi connectivity index (χ3v) is 4.68. The van der Waals surface area contributed by atoms with Gasteiger partial charge in [0.05, 0.1) is 0 Å². The van der Waals surface area contributed by atoms with Gasteiger partial charge in [-0.3, -0.25) is 0 Å². The maximum atomic E-state index is 3.44. The minimum atomic E-state index is 0.480. The molecule has 20 heavy (non-hydrogen) atoms. The first kappa shape index (κ1) is 13.7. The number of piperazine rings is 1. The maximum absolute atomic E-state index is 3.44. The number of allylic oxidation sites excluding steroid dienone is 2. The molecule has 0 aromatic heterocycles. The van der Waals surface area contributed by atoms with Crippen molar-refractivity contribution in [1.82, 2.24) is 5.32 Å². The summed E-state index contributed by atoms with van der Waals surface area (Å²) in [7, 11) is 0. The molecule has 1 saturated heterocycles. The SMILES string of the molecule is CC1(C)CC=C(c2ccccc2N2CCNCC2)CC1. The van der Waals surface area contributed by atoms with Crippen LogP contribution in [-0.2, 0) is 0 Å². The summed E-state index contributed by atoms with van der Waals surface area (Å²) < 4.78 is 0. The van der Waals surface area contributed by atoms with Crippen LogP contribution < -0.4 is 10.2 Å². The van der Waals surface area contributed by atoms with Crippen LogP contribution in [0, 0.1) is 5.41 Å². The first-order valence-electron chi connectivity index (χ1n) is 7.90. The molecule has 1 fully saturated rings. The zero-order chi connectivity index (χ0) is 14.0. The molecule has 2 nitrogen and oxygen atoms in total. The van der Waals surface area contributed by atoms with E-state index in [2.05, 4.69) is 54.4 Å². The molecule has 0 amide bonds. The van der Waals surface area contributed by atoms with E-state index in [-0.39, 0.29) is 0 Å². The summed E-state index contributed by atoms with van der Waals surface area (Å²) in [5.74, 6) is 0. The second-order valence-corrected chi connectivity index (χ2v) is 6.85. The smallest absolute Gasteiger partial charge is 0.0443 e. The molecular weight excluding hydrogens is 244 g/mol. The second-order valence-electron chi connectivity index (χ2n) is 6.85. The number of nitrogens with zero attached hydrogens (tertiary/aromatic N) is 1. The zero-order valence-electron chi connectivity index (χ0n) is 12.8. The van der Waals surface area contributed by atoms with Gasteiger partial charge in [-0.1, -0.05) is 38.1 Å². The predicted octanol–water partition coefficient (Wildman–Crippen LogP) is 3.69. The summed E-state index contributed by atoms with van der Waals surface area (Å²) in [6.07, 6.45) is 6.20. The average Bonchev–Trinajstić information content (AvgIpc) is 2.48. The second kappa shape index (κ2) is 5.61. The third kappa shape index (κ3) is 2.90. The third-order valence-electron chi connectivity index (χ3n) is 4.68. The number of anilines is 1.